The van der Waals surface area contributed by atoms with Crippen LogP contribution in [-0.2, 0) is 19.6 Å². The van der Waals surface area contributed by atoms with Crippen molar-refractivity contribution in [3.05, 3.63) is 71.8 Å². The third kappa shape index (κ3) is 4.78. The van der Waals surface area contributed by atoms with Gasteiger partial charge in [0.2, 0.25) is 0 Å². The quantitative estimate of drug-likeness (QED) is 0.173. The van der Waals surface area contributed by atoms with Gasteiger partial charge in [0.15, 0.2) is 0 Å². The largest absolute Gasteiger partial charge is 0.399 e. The Bertz CT molecular complexity index is 1300. The smallest absolute Gasteiger partial charge is 0.124 e. The van der Waals surface area contributed by atoms with E-state index in [0.29, 0.717) is 26.4 Å². The summed E-state index contributed by atoms with van der Waals surface area (Å²) in [5.74, 6) is 0. The highest BCUT2D eigenvalue weighted by molar-refractivity contribution is 7.21. The van der Waals surface area contributed by atoms with E-state index >= 15 is 0 Å². The van der Waals surface area contributed by atoms with Crippen LogP contribution in [0.5, 0.6) is 0 Å². The predicted molar refractivity (Wildman–Crippen MR) is 149 cm³/mol. The molecular formula is C30H34N2O3S. The average Bonchev–Trinajstić information content (AvgIpc) is 3.44. The van der Waals surface area contributed by atoms with Gasteiger partial charge in [0, 0.05) is 43.6 Å². The molecule has 0 fully saturated rings. The van der Waals surface area contributed by atoms with E-state index in [2.05, 4.69) is 55.5 Å². The van der Waals surface area contributed by atoms with Crippen LogP contribution in [0, 0.1) is 0 Å². The monoisotopic (exact) mass is 502 g/mol. The van der Waals surface area contributed by atoms with E-state index in [9.17, 15) is 0 Å². The fourth-order valence-electron chi connectivity index (χ4n) is 5.29. The normalized spacial score (nSPS) is 16.4. The molecule has 0 amide bonds. The number of anilines is 1. The number of fused-ring (bicyclic) bond motifs is 4. The Kier molecular flexibility index (Phi) is 7.67. The lowest BCUT2D eigenvalue weighted by Gasteiger charge is -2.33. The molecule has 3 aromatic carbocycles. The van der Waals surface area contributed by atoms with Gasteiger partial charge in [-0.2, -0.15) is 0 Å². The molecule has 0 saturated heterocycles. The maximum Gasteiger partial charge on any atom is 0.124 e. The van der Waals surface area contributed by atoms with Crippen LogP contribution in [-0.4, -0.2) is 45.1 Å². The third-order valence-corrected chi connectivity index (χ3v) is 8.14. The summed E-state index contributed by atoms with van der Waals surface area (Å²) in [5.41, 5.74) is 14.2. The van der Waals surface area contributed by atoms with E-state index in [0.717, 1.165) is 47.6 Å². The van der Waals surface area contributed by atoms with Crippen LogP contribution >= 0.6 is 11.3 Å². The lowest BCUT2D eigenvalue weighted by molar-refractivity contribution is 0.0582. The highest BCUT2D eigenvalue weighted by Crippen LogP contribution is 2.54. The second-order valence-corrected chi connectivity index (χ2v) is 10.4. The van der Waals surface area contributed by atoms with E-state index in [-0.39, 0.29) is 5.41 Å². The van der Waals surface area contributed by atoms with Gasteiger partial charge in [-0.15, -0.1) is 11.3 Å². The molecule has 5 rings (SSSR count). The minimum atomic E-state index is -0.243. The Hall–Kier alpha value is -2.77. The minimum absolute atomic E-state index is 0.243. The Labute approximate surface area is 217 Å². The Morgan fingerprint density at radius 1 is 0.833 bits per heavy atom. The van der Waals surface area contributed by atoms with Crippen molar-refractivity contribution in [2.45, 2.75) is 31.6 Å². The zero-order valence-corrected chi connectivity index (χ0v) is 21.9. The van der Waals surface area contributed by atoms with Crippen LogP contribution in [0.25, 0.3) is 31.9 Å². The molecule has 1 aliphatic carbocycles. The maximum absolute atomic E-state index is 6.33. The van der Waals surface area contributed by atoms with Crippen LogP contribution in [0.4, 0.5) is 5.69 Å². The van der Waals surface area contributed by atoms with Gasteiger partial charge >= 0.3 is 0 Å². The molecule has 4 aromatic rings. The minimum Gasteiger partial charge on any atom is -0.399 e. The maximum atomic E-state index is 6.33. The number of methoxy groups -OCH3 is 1. The molecule has 1 heterocycles. The molecule has 0 saturated carbocycles. The Morgan fingerprint density at radius 2 is 1.56 bits per heavy atom. The number of aromatic nitrogens is 1. The van der Waals surface area contributed by atoms with Crippen molar-refractivity contribution in [3.8, 4) is 21.7 Å². The van der Waals surface area contributed by atoms with Crippen LogP contribution in [0.15, 0.2) is 60.7 Å². The number of ether oxygens (including phenoxy) is 3. The van der Waals surface area contributed by atoms with Crippen molar-refractivity contribution in [1.29, 1.82) is 0 Å². The molecule has 0 radical (unpaired) electrons. The Morgan fingerprint density at radius 3 is 2.31 bits per heavy atom. The number of nitrogens with two attached hydrogens (primary N) is 1. The van der Waals surface area contributed by atoms with Gasteiger partial charge in [-0.25, -0.2) is 4.98 Å². The van der Waals surface area contributed by atoms with Crippen LogP contribution in [0.2, 0.25) is 0 Å². The summed E-state index contributed by atoms with van der Waals surface area (Å²) in [6.45, 7) is 5.41. The van der Waals surface area contributed by atoms with Crippen molar-refractivity contribution in [2.75, 3.05) is 45.9 Å². The summed E-state index contributed by atoms with van der Waals surface area (Å²) in [4.78, 5) is 4.94. The molecule has 1 aliphatic rings. The molecule has 0 aliphatic heterocycles. The van der Waals surface area contributed by atoms with E-state index in [1.807, 2.05) is 12.1 Å². The van der Waals surface area contributed by atoms with Gasteiger partial charge in [-0.05, 0) is 71.8 Å². The lowest BCUT2D eigenvalue weighted by atomic mass is 9.73. The summed E-state index contributed by atoms with van der Waals surface area (Å²) < 4.78 is 18.4. The number of benzene rings is 3. The highest BCUT2D eigenvalue weighted by Gasteiger charge is 2.43. The first-order valence-corrected chi connectivity index (χ1v) is 13.5. The molecule has 0 bridgehead atoms. The van der Waals surface area contributed by atoms with Gasteiger partial charge in [-0.3, -0.25) is 0 Å². The van der Waals surface area contributed by atoms with Crippen molar-refractivity contribution < 1.29 is 14.2 Å². The van der Waals surface area contributed by atoms with Crippen molar-refractivity contribution in [2.24, 2.45) is 0 Å². The number of para-hydroxylation sites is 1. The summed E-state index contributed by atoms with van der Waals surface area (Å²) in [6, 6.07) is 21.5. The van der Waals surface area contributed by atoms with Gasteiger partial charge in [-0.1, -0.05) is 37.3 Å². The fraction of sp³-hybridized carbons (Fsp3) is 0.367. The SMILES string of the molecule is CCCOCCC1(CCOCCOC)c2cc(N)ccc2-c2ccc(-c3nc4ccccc4s3)cc21. The molecule has 5 nitrogen and oxygen atoms in total. The zero-order chi connectivity index (χ0) is 25.0. The second kappa shape index (κ2) is 11.1. The average molecular weight is 503 g/mol. The summed E-state index contributed by atoms with van der Waals surface area (Å²) in [5, 5.41) is 1.04. The first-order valence-electron chi connectivity index (χ1n) is 12.7. The first-order chi connectivity index (χ1) is 17.7. The zero-order valence-electron chi connectivity index (χ0n) is 21.1. The number of nitrogen functional groups attached to an aromatic ring is 1. The molecule has 36 heavy (non-hydrogen) atoms. The van der Waals surface area contributed by atoms with E-state index < -0.39 is 0 Å². The summed E-state index contributed by atoms with van der Waals surface area (Å²) in [7, 11) is 1.70. The van der Waals surface area contributed by atoms with E-state index in [1.165, 1.54) is 27.0 Å². The number of hydrogen-bond acceptors (Lipinski definition) is 6. The fourth-order valence-corrected chi connectivity index (χ4v) is 6.25. The van der Waals surface area contributed by atoms with Crippen molar-refractivity contribution in [3.63, 3.8) is 0 Å². The number of nitrogens with zero attached hydrogens (tertiary/aromatic N) is 1. The lowest BCUT2D eigenvalue weighted by Crippen LogP contribution is -2.29. The topological polar surface area (TPSA) is 66.6 Å². The molecule has 0 spiro atoms. The van der Waals surface area contributed by atoms with Crippen molar-refractivity contribution >= 4 is 27.2 Å². The third-order valence-electron chi connectivity index (χ3n) is 7.05. The number of rotatable bonds is 12. The van der Waals surface area contributed by atoms with Crippen LogP contribution in [0.1, 0.15) is 37.3 Å². The molecule has 1 aromatic heterocycles. The van der Waals surface area contributed by atoms with E-state index in [1.54, 1.807) is 18.4 Å². The molecule has 2 N–H and O–H groups in total. The molecule has 188 valence electrons. The van der Waals surface area contributed by atoms with Gasteiger partial charge < -0.3 is 19.9 Å². The Balaban J connectivity index is 1.58. The predicted octanol–water partition coefficient (Wildman–Crippen LogP) is 6.68. The summed E-state index contributed by atoms with van der Waals surface area (Å²) >= 11 is 1.74. The number of thiazole rings is 1. The van der Waals surface area contributed by atoms with Crippen LogP contribution < -0.4 is 5.73 Å². The van der Waals surface area contributed by atoms with Crippen molar-refractivity contribution in [1.82, 2.24) is 4.98 Å². The number of hydrogen-bond donors (Lipinski definition) is 1. The first kappa shape index (κ1) is 24.9. The molecule has 1 unspecified atom stereocenters. The molecular weight excluding hydrogens is 468 g/mol. The molecule has 6 heteroatoms. The summed E-state index contributed by atoms with van der Waals surface area (Å²) in [6.07, 6.45) is 2.72. The second-order valence-electron chi connectivity index (χ2n) is 9.35. The van der Waals surface area contributed by atoms with Gasteiger partial charge in [0.25, 0.3) is 0 Å². The highest BCUT2D eigenvalue weighted by atomic mass is 32.1. The van der Waals surface area contributed by atoms with E-state index in [4.69, 9.17) is 24.9 Å². The van der Waals surface area contributed by atoms with Gasteiger partial charge in [0.05, 0.1) is 23.4 Å². The standard InChI is InChI=1S/C30H34N2O3S/c1-3-14-34-15-12-30(13-16-35-18-17-33-2)25-19-21(29-32-27-6-4-5-7-28(27)36-29)8-10-23(25)24-11-9-22(31)20-26(24)30/h4-11,19-20H,3,12-18,31H2,1-2H3. The van der Waals surface area contributed by atoms with Crippen LogP contribution in [0.3, 0.4) is 0 Å². The van der Waals surface area contributed by atoms with Gasteiger partial charge in [0.1, 0.15) is 5.01 Å². The molecule has 1 atom stereocenters.